The zero-order chi connectivity index (χ0) is 14.8. The number of ether oxygens (including phenoxy) is 1. The lowest BCUT2D eigenvalue weighted by atomic mass is 10.2. The van der Waals surface area contributed by atoms with Crippen molar-refractivity contribution in [3.8, 4) is 5.75 Å². The molecular formula is C16H17BrFNO2. The molecule has 1 saturated carbocycles. The molecule has 3 rings (SSSR count). The Morgan fingerprint density at radius 2 is 2.14 bits per heavy atom. The average Bonchev–Trinajstić information content (AvgIpc) is 3.17. The van der Waals surface area contributed by atoms with E-state index >= 15 is 0 Å². The monoisotopic (exact) mass is 353 g/mol. The zero-order valence-electron chi connectivity index (χ0n) is 11.8. The number of aryl methyl sites for hydroxylation is 1. The minimum atomic E-state index is -0.329. The third kappa shape index (κ3) is 4.08. The predicted octanol–water partition coefficient (Wildman–Crippen LogP) is 4.32. The van der Waals surface area contributed by atoms with Gasteiger partial charge in [-0.2, -0.15) is 0 Å². The second kappa shape index (κ2) is 6.20. The number of furan rings is 1. The molecule has 1 aliphatic rings. The third-order valence-corrected chi connectivity index (χ3v) is 3.91. The van der Waals surface area contributed by atoms with E-state index in [2.05, 4.69) is 21.2 Å². The van der Waals surface area contributed by atoms with Crippen molar-refractivity contribution in [3.05, 3.63) is 51.6 Å². The van der Waals surface area contributed by atoms with Crippen molar-refractivity contribution in [2.75, 3.05) is 0 Å². The maximum atomic E-state index is 13.3. The van der Waals surface area contributed by atoms with Crippen LogP contribution in [0.1, 0.15) is 29.9 Å². The van der Waals surface area contributed by atoms with Crippen LogP contribution in [-0.4, -0.2) is 6.04 Å². The first-order valence-electron chi connectivity index (χ1n) is 7.00. The summed E-state index contributed by atoms with van der Waals surface area (Å²) < 4.78 is 25.2. The summed E-state index contributed by atoms with van der Waals surface area (Å²) in [5, 5.41) is 3.46. The van der Waals surface area contributed by atoms with Gasteiger partial charge in [0.15, 0.2) is 0 Å². The Kier molecular flexibility index (Phi) is 4.31. The number of benzene rings is 1. The molecule has 112 valence electrons. The molecule has 0 bridgehead atoms. The molecule has 1 N–H and O–H groups in total. The Morgan fingerprint density at radius 1 is 1.33 bits per heavy atom. The molecule has 0 aliphatic heterocycles. The van der Waals surface area contributed by atoms with Crippen LogP contribution in [0.5, 0.6) is 5.75 Å². The first-order chi connectivity index (χ1) is 10.1. The van der Waals surface area contributed by atoms with E-state index in [0.29, 0.717) is 22.9 Å². The van der Waals surface area contributed by atoms with E-state index in [-0.39, 0.29) is 5.82 Å². The largest absolute Gasteiger partial charge is 0.486 e. The Bertz CT molecular complexity index is 617. The lowest BCUT2D eigenvalue weighted by Gasteiger charge is -2.04. The summed E-state index contributed by atoms with van der Waals surface area (Å²) in [6, 6.07) is 7.15. The quantitative estimate of drug-likeness (QED) is 0.839. The van der Waals surface area contributed by atoms with Gasteiger partial charge < -0.3 is 14.5 Å². The molecule has 1 heterocycles. The number of nitrogens with one attached hydrogen (secondary N) is 1. The van der Waals surface area contributed by atoms with Crippen molar-refractivity contribution in [1.82, 2.24) is 5.32 Å². The van der Waals surface area contributed by atoms with Crippen LogP contribution < -0.4 is 10.1 Å². The fourth-order valence-corrected chi connectivity index (χ4v) is 2.59. The van der Waals surface area contributed by atoms with E-state index in [4.69, 9.17) is 9.15 Å². The lowest BCUT2D eigenvalue weighted by molar-refractivity contribution is 0.266. The standard InChI is InChI=1S/C16H17BrFNO2/c1-10-11(8-19-14-2-3-14)4-16(21-10)9-20-15-6-12(17)5-13(18)7-15/h4-7,14,19H,2-3,8-9H2,1H3. The van der Waals surface area contributed by atoms with Crippen LogP contribution in [-0.2, 0) is 13.2 Å². The summed E-state index contributed by atoms with van der Waals surface area (Å²) in [4.78, 5) is 0. The van der Waals surface area contributed by atoms with Crippen molar-refractivity contribution in [3.63, 3.8) is 0 Å². The van der Waals surface area contributed by atoms with Crippen LogP contribution in [0.25, 0.3) is 0 Å². The summed E-state index contributed by atoms with van der Waals surface area (Å²) in [7, 11) is 0. The minimum Gasteiger partial charge on any atom is -0.486 e. The molecule has 0 atom stereocenters. The summed E-state index contributed by atoms with van der Waals surface area (Å²) in [6.45, 7) is 3.07. The highest BCUT2D eigenvalue weighted by atomic mass is 79.9. The van der Waals surface area contributed by atoms with Gasteiger partial charge >= 0.3 is 0 Å². The first-order valence-corrected chi connectivity index (χ1v) is 7.80. The molecule has 0 spiro atoms. The molecule has 1 fully saturated rings. The van der Waals surface area contributed by atoms with Crippen molar-refractivity contribution in [1.29, 1.82) is 0 Å². The summed E-state index contributed by atoms with van der Waals surface area (Å²) in [5.41, 5.74) is 1.15. The van der Waals surface area contributed by atoms with Gasteiger partial charge in [0.25, 0.3) is 0 Å². The highest BCUT2D eigenvalue weighted by molar-refractivity contribution is 9.10. The van der Waals surface area contributed by atoms with Gasteiger partial charge in [-0.1, -0.05) is 15.9 Å². The molecule has 0 unspecified atom stereocenters. The highest BCUT2D eigenvalue weighted by Gasteiger charge is 2.21. The highest BCUT2D eigenvalue weighted by Crippen LogP contribution is 2.24. The van der Waals surface area contributed by atoms with Crippen molar-refractivity contribution >= 4 is 15.9 Å². The van der Waals surface area contributed by atoms with Gasteiger partial charge in [0, 0.05) is 28.7 Å². The van der Waals surface area contributed by atoms with Crippen LogP contribution in [0, 0.1) is 12.7 Å². The molecule has 0 amide bonds. The minimum absolute atomic E-state index is 0.292. The van der Waals surface area contributed by atoms with Gasteiger partial charge in [0.1, 0.15) is 29.7 Å². The Labute approximate surface area is 131 Å². The molecular weight excluding hydrogens is 337 g/mol. The normalized spacial score (nSPS) is 14.4. The van der Waals surface area contributed by atoms with Crippen LogP contribution in [0.15, 0.2) is 33.2 Å². The van der Waals surface area contributed by atoms with Crippen molar-refractivity contribution < 1.29 is 13.5 Å². The maximum Gasteiger partial charge on any atom is 0.146 e. The summed E-state index contributed by atoms with van der Waals surface area (Å²) >= 11 is 3.24. The fraction of sp³-hybridized carbons (Fsp3) is 0.375. The van der Waals surface area contributed by atoms with Gasteiger partial charge in [0.2, 0.25) is 0 Å². The zero-order valence-corrected chi connectivity index (χ0v) is 13.4. The van der Waals surface area contributed by atoms with E-state index in [1.807, 2.05) is 13.0 Å². The van der Waals surface area contributed by atoms with Gasteiger partial charge in [-0.25, -0.2) is 4.39 Å². The lowest BCUT2D eigenvalue weighted by Crippen LogP contribution is -2.15. The Balaban J connectivity index is 1.60. The molecule has 0 radical (unpaired) electrons. The Hall–Kier alpha value is -1.33. The SMILES string of the molecule is Cc1oc(COc2cc(F)cc(Br)c2)cc1CNC1CC1. The van der Waals surface area contributed by atoms with Gasteiger partial charge in [-0.05, 0) is 38.0 Å². The number of hydrogen-bond acceptors (Lipinski definition) is 3. The van der Waals surface area contributed by atoms with Crippen LogP contribution >= 0.6 is 15.9 Å². The first kappa shape index (κ1) is 14.6. The predicted molar refractivity (Wildman–Crippen MR) is 81.7 cm³/mol. The van der Waals surface area contributed by atoms with E-state index in [1.54, 1.807) is 6.07 Å². The summed E-state index contributed by atoms with van der Waals surface area (Å²) in [6.07, 6.45) is 2.53. The van der Waals surface area contributed by atoms with Gasteiger partial charge in [-0.15, -0.1) is 0 Å². The van der Waals surface area contributed by atoms with Crippen molar-refractivity contribution in [2.45, 2.75) is 39.0 Å². The molecule has 2 aromatic rings. The van der Waals surface area contributed by atoms with E-state index in [0.717, 1.165) is 23.6 Å². The second-order valence-electron chi connectivity index (χ2n) is 5.34. The molecule has 1 aromatic heterocycles. The van der Waals surface area contributed by atoms with E-state index in [1.165, 1.54) is 25.0 Å². The second-order valence-corrected chi connectivity index (χ2v) is 6.26. The third-order valence-electron chi connectivity index (χ3n) is 3.45. The number of rotatable bonds is 6. The van der Waals surface area contributed by atoms with E-state index < -0.39 is 0 Å². The molecule has 3 nitrogen and oxygen atoms in total. The number of hydrogen-bond donors (Lipinski definition) is 1. The topological polar surface area (TPSA) is 34.4 Å². The molecule has 0 saturated heterocycles. The fourth-order valence-electron chi connectivity index (χ4n) is 2.14. The molecule has 1 aliphatic carbocycles. The van der Waals surface area contributed by atoms with Crippen molar-refractivity contribution in [2.24, 2.45) is 0 Å². The van der Waals surface area contributed by atoms with Gasteiger partial charge in [-0.3, -0.25) is 0 Å². The number of halogens is 2. The molecule has 21 heavy (non-hydrogen) atoms. The molecule has 1 aromatic carbocycles. The van der Waals surface area contributed by atoms with E-state index in [9.17, 15) is 4.39 Å². The van der Waals surface area contributed by atoms with Crippen LogP contribution in [0.3, 0.4) is 0 Å². The maximum absolute atomic E-state index is 13.3. The smallest absolute Gasteiger partial charge is 0.146 e. The van der Waals surface area contributed by atoms with Crippen LogP contribution in [0.2, 0.25) is 0 Å². The van der Waals surface area contributed by atoms with Gasteiger partial charge in [0.05, 0.1) is 0 Å². The molecule has 5 heteroatoms. The Morgan fingerprint density at radius 3 is 2.86 bits per heavy atom. The summed E-state index contributed by atoms with van der Waals surface area (Å²) in [5.74, 6) is 1.81. The van der Waals surface area contributed by atoms with Crippen LogP contribution in [0.4, 0.5) is 4.39 Å². The average molecular weight is 354 g/mol.